The number of furan rings is 1. The molecule has 0 unspecified atom stereocenters. The first kappa shape index (κ1) is 31.5. The second-order valence-corrected chi connectivity index (χ2v) is 14.4. The maximum absolute atomic E-state index is 6.61. The Labute approximate surface area is 326 Å². The first-order valence-corrected chi connectivity index (χ1v) is 19.1. The highest BCUT2D eigenvalue weighted by molar-refractivity contribution is 6.29. The fourth-order valence-corrected chi connectivity index (χ4v) is 8.68. The molecule has 0 aliphatic rings. The molecule has 0 N–H and O–H groups in total. The van der Waals surface area contributed by atoms with Crippen LogP contribution in [0.4, 0.5) is 0 Å². The molecule has 4 heterocycles. The Morgan fingerprint density at radius 3 is 1.61 bits per heavy atom. The van der Waals surface area contributed by atoms with Crippen molar-refractivity contribution in [2.75, 3.05) is 0 Å². The van der Waals surface area contributed by atoms with E-state index in [1.807, 2.05) is 36.4 Å². The Kier molecular flexibility index (Phi) is 6.83. The molecule has 0 spiro atoms. The Balaban J connectivity index is 1.15. The van der Waals surface area contributed by atoms with E-state index in [1.54, 1.807) is 0 Å². The van der Waals surface area contributed by atoms with Crippen molar-refractivity contribution in [3.63, 3.8) is 0 Å². The molecule has 12 aromatic rings. The van der Waals surface area contributed by atoms with Crippen LogP contribution in [-0.2, 0) is 0 Å². The van der Waals surface area contributed by atoms with Gasteiger partial charge in [0.1, 0.15) is 5.58 Å². The van der Waals surface area contributed by atoms with Gasteiger partial charge in [-0.3, -0.25) is 4.57 Å². The second kappa shape index (κ2) is 12.3. The third-order valence-corrected chi connectivity index (χ3v) is 11.2. The first-order chi connectivity index (χ1) is 28.3. The molecule has 0 amide bonds. The summed E-state index contributed by atoms with van der Waals surface area (Å²) in [4.78, 5) is 15.6. The SMILES string of the molecule is c1ccc(-c2cccc(-c3nc(-c4ccccc4)nc(-n4c5ccccc5c5c6c7ccccc7n(-c7cccc8c7oc7ccccc78)c6ccc54)n3)c2)cc1. The van der Waals surface area contributed by atoms with E-state index >= 15 is 0 Å². The van der Waals surface area contributed by atoms with Gasteiger partial charge in [-0.25, -0.2) is 4.98 Å². The zero-order valence-electron chi connectivity index (χ0n) is 30.5. The molecule has 0 fully saturated rings. The van der Waals surface area contributed by atoms with Crippen LogP contribution >= 0.6 is 0 Å². The molecule has 266 valence electrons. The molecule has 0 saturated carbocycles. The minimum atomic E-state index is 0.560. The molecule has 0 bridgehead atoms. The number of nitrogens with zero attached hydrogens (tertiary/aromatic N) is 5. The van der Waals surface area contributed by atoms with Gasteiger partial charge in [-0.05, 0) is 53.6 Å². The van der Waals surface area contributed by atoms with Crippen LogP contribution in [0, 0.1) is 0 Å². The normalized spacial score (nSPS) is 11.9. The summed E-state index contributed by atoms with van der Waals surface area (Å²) in [5.74, 6) is 1.78. The molecule has 0 radical (unpaired) electrons. The highest BCUT2D eigenvalue weighted by Crippen LogP contribution is 2.44. The molecule has 4 aromatic heterocycles. The first-order valence-electron chi connectivity index (χ1n) is 19.1. The van der Waals surface area contributed by atoms with Crippen LogP contribution in [0.1, 0.15) is 0 Å². The molecular weight excluding hydrogens is 699 g/mol. The maximum Gasteiger partial charge on any atom is 0.238 e. The van der Waals surface area contributed by atoms with E-state index in [1.165, 1.54) is 5.39 Å². The van der Waals surface area contributed by atoms with E-state index in [4.69, 9.17) is 19.4 Å². The highest BCUT2D eigenvalue weighted by atomic mass is 16.3. The maximum atomic E-state index is 6.61. The predicted octanol–water partition coefficient (Wildman–Crippen LogP) is 13.0. The van der Waals surface area contributed by atoms with E-state index in [0.29, 0.717) is 17.6 Å². The minimum absolute atomic E-state index is 0.560. The molecule has 6 nitrogen and oxygen atoms in total. The average Bonchev–Trinajstić information content (AvgIpc) is 3.95. The van der Waals surface area contributed by atoms with Crippen molar-refractivity contribution >= 4 is 65.6 Å². The molecule has 6 heteroatoms. The van der Waals surface area contributed by atoms with Gasteiger partial charge in [-0.2, -0.15) is 9.97 Å². The van der Waals surface area contributed by atoms with Gasteiger partial charge in [0.25, 0.3) is 0 Å². The number of para-hydroxylation sites is 4. The molecule has 0 saturated heterocycles. The third-order valence-electron chi connectivity index (χ3n) is 11.2. The molecule has 0 atom stereocenters. The Hall–Kier alpha value is -7.83. The molecule has 57 heavy (non-hydrogen) atoms. The zero-order chi connectivity index (χ0) is 37.5. The van der Waals surface area contributed by atoms with Gasteiger partial charge in [-0.1, -0.05) is 146 Å². The highest BCUT2D eigenvalue weighted by Gasteiger charge is 2.24. The Morgan fingerprint density at radius 1 is 0.351 bits per heavy atom. The second-order valence-electron chi connectivity index (χ2n) is 14.4. The molecular formula is C51H31N5O. The van der Waals surface area contributed by atoms with Crippen LogP contribution in [0.2, 0.25) is 0 Å². The zero-order valence-corrected chi connectivity index (χ0v) is 30.5. The van der Waals surface area contributed by atoms with Crippen molar-refractivity contribution in [3.8, 4) is 45.5 Å². The summed E-state index contributed by atoms with van der Waals surface area (Å²) in [5, 5.41) is 6.80. The molecule has 0 aliphatic heterocycles. The quantitative estimate of drug-likeness (QED) is 0.177. The summed E-state index contributed by atoms with van der Waals surface area (Å²) in [6.07, 6.45) is 0. The third kappa shape index (κ3) is 4.81. The summed E-state index contributed by atoms with van der Waals surface area (Å²) in [5.41, 5.74) is 11.1. The largest absolute Gasteiger partial charge is 0.454 e. The van der Waals surface area contributed by atoms with E-state index in [0.717, 1.165) is 88.1 Å². The van der Waals surface area contributed by atoms with Gasteiger partial charge in [-0.15, -0.1) is 0 Å². The summed E-state index contributed by atoms with van der Waals surface area (Å²) in [6.45, 7) is 0. The van der Waals surface area contributed by atoms with Crippen LogP contribution in [0.5, 0.6) is 0 Å². The van der Waals surface area contributed by atoms with Crippen molar-refractivity contribution in [1.29, 1.82) is 0 Å². The number of benzene rings is 8. The lowest BCUT2D eigenvalue weighted by Crippen LogP contribution is -2.06. The Bertz CT molecular complexity index is 3520. The van der Waals surface area contributed by atoms with Gasteiger partial charge >= 0.3 is 0 Å². The van der Waals surface area contributed by atoms with E-state index in [9.17, 15) is 0 Å². The van der Waals surface area contributed by atoms with Gasteiger partial charge in [0.2, 0.25) is 5.95 Å². The lowest BCUT2D eigenvalue weighted by Gasteiger charge is -2.12. The van der Waals surface area contributed by atoms with Crippen molar-refractivity contribution in [2.45, 2.75) is 0 Å². The number of hydrogen-bond acceptors (Lipinski definition) is 4. The standard InChI is InChI=1S/C51H31N5O/c1-3-15-32(16-4-1)34-19-13-20-35(31-34)50-52-49(33-17-5-2-6-18-33)53-51(54-50)56-41-26-11-8-23-39(41)47-43(56)30-29-42-46(47)38-22-7-10-25-40(38)55(42)44-27-14-24-37-36-21-9-12-28-45(36)57-48(37)44/h1-31H. The van der Waals surface area contributed by atoms with Gasteiger partial charge in [0, 0.05) is 43.4 Å². The summed E-state index contributed by atoms with van der Waals surface area (Å²) >= 11 is 0. The summed E-state index contributed by atoms with van der Waals surface area (Å²) in [6, 6.07) is 65.4. The summed E-state index contributed by atoms with van der Waals surface area (Å²) in [7, 11) is 0. The number of hydrogen-bond donors (Lipinski definition) is 0. The van der Waals surface area contributed by atoms with Gasteiger partial charge in [0.15, 0.2) is 17.2 Å². The topological polar surface area (TPSA) is 61.7 Å². The van der Waals surface area contributed by atoms with Crippen LogP contribution in [0.15, 0.2) is 192 Å². The molecule has 12 rings (SSSR count). The monoisotopic (exact) mass is 729 g/mol. The van der Waals surface area contributed by atoms with Crippen molar-refractivity contribution in [2.24, 2.45) is 0 Å². The lowest BCUT2D eigenvalue weighted by molar-refractivity contribution is 0.666. The smallest absolute Gasteiger partial charge is 0.238 e. The Morgan fingerprint density at radius 2 is 0.877 bits per heavy atom. The van der Waals surface area contributed by atoms with Crippen LogP contribution in [0.25, 0.3) is 111 Å². The average molecular weight is 730 g/mol. The lowest BCUT2D eigenvalue weighted by atomic mass is 10.0. The molecule has 8 aromatic carbocycles. The van der Waals surface area contributed by atoms with E-state index in [2.05, 4.69) is 161 Å². The number of rotatable bonds is 5. The fourth-order valence-electron chi connectivity index (χ4n) is 8.68. The van der Waals surface area contributed by atoms with Crippen molar-refractivity contribution in [3.05, 3.63) is 188 Å². The van der Waals surface area contributed by atoms with Crippen LogP contribution < -0.4 is 0 Å². The van der Waals surface area contributed by atoms with Crippen molar-refractivity contribution in [1.82, 2.24) is 24.1 Å². The summed E-state index contributed by atoms with van der Waals surface area (Å²) < 4.78 is 11.2. The van der Waals surface area contributed by atoms with Gasteiger partial charge in [0.05, 0.1) is 27.8 Å². The van der Waals surface area contributed by atoms with Crippen LogP contribution in [0.3, 0.4) is 0 Å². The van der Waals surface area contributed by atoms with Crippen molar-refractivity contribution < 1.29 is 4.42 Å². The van der Waals surface area contributed by atoms with Crippen LogP contribution in [-0.4, -0.2) is 24.1 Å². The number of fused-ring (bicyclic) bond motifs is 10. The molecule has 0 aliphatic carbocycles. The van der Waals surface area contributed by atoms with E-state index in [-0.39, 0.29) is 0 Å². The number of aromatic nitrogens is 5. The fraction of sp³-hybridized carbons (Fsp3) is 0. The van der Waals surface area contributed by atoms with Gasteiger partial charge < -0.3 is 8.98 Å². The minimum Gasteiger partial charge on any atom is -0.454 e. The predicted molar refractivity (Wildman–Crippen MR) is 232 cm³/mol. The van der Waals surface area contributed by atoms with E-state index < -0.39 is 0 Å².